The molecule has 8 aromatic carbocycles. The molecule has 3 amide bonds. The fraction of sp³-hybridized carbons (Fsp3) is 0.446. The molecular formula is C101H132N4NaO23+. The Morgan fingerprint density at radius 1 is 0.403 bits per heavy atom. The van der Waals surface area contributed by atoms with Crippen molar-refractivity contribution in [2.24, 2.45) is 5.73 Å². The van der Waals surface area contributed by atoms with E-state index in [1.54, 1.807) is 25.3 Å². The van der Waals surface area contributed by atoms with Crippen LogP contribution in [0.5, 0.6) is 23.0 Å². The molecule has 27 nitrogen and oxygen atoms in total. The third-order valence-corrected chi connectivity index (χ3v) is 20.1. The number of aryl methyl sites for hydroxylation is 3. The number of amides is 3. The molecule has 0 aromatic heterocycles. The van der Waals surface area contributed by atoms with Gasteiger partial charge in [-0.2, -0.15) is 0 Å². The largest absolute Gasteiger partial charge is 1.00 e. The van der Waals surface area contributed by atoms with Crippen molar-refractivity contribution in [2.45, 2.75) is 156 Å². The molecule has 694 valence electrons. The van der Waals surface area contributed by atoms with Crippen LogP contribution in [0, 0.1) is 13.8 Å². The Morgan fingerprint density at radius 3 is 1.25 bits per heavy atom. The predicted octanol–water partition coefficient (Wildman–Crippen LogP) is 13.3. The maximum absolute atomic E-state index is 12.4. The first-order valence-corrected chi connectivity index (χ1v) is 44.1. The zero-order valence-electron chi connectivity index (χ0n) is 76.5. The van der Waals surface area contributed by atoms with E-state index < -0.39 is 24.0 Å². The first-order chi connectivity index (χ1) is 62.3. The smallest absolute Gasteiger partial charge is 0.496 e. The van der Waals surface area contributed by atoms with Crippen LogP contribution in [0.15, 0.2) is 182 Å². The number of aldehydes is 1. The maximum Gasteiger partial charge on any atom is 1.00 e. The predicted molar refractivity (Wildman–Crippen MR) is 490 cm³/mol. The van der Waals surface area contributed by atoms with Crippen molar-refractivity contribution in [3.05, 3.63) is 238 Å². The van der Waals surface area contributed by atoms with Gasteiger partial charge in [-0.05, 0) is 170 Å². The van der Waals surface area contributed by atoms with Crippen molar-refractivity contribution in [1.82, 2.24) is 16.0 Å². The summed E-state index contributed by atoms with van der Waals surface area (Å²) in [6.45, 7) is 18.2. The minimum absolute atomic E-state index is 0. The first-order valence-electron chi connectivity index (χ1n) is 44.1. The van der Waals surface area contributed by atoms with Crippen LogP contribution in [0.1, 0.15) is 183 Å². The second-order valence-electron chi connectivity index (χ2n) is 30.1. The Morgan fingerprint density at radius 2 is 0.791 bits per heavy atom. The monoisotopic (exact) mass is 1790 g/mol. The molecule has 8 aromatic rings. The molecule has 0 spiro atoms. The molecule has 129 heavy (non-hydrogen) atoms. The van der Waals surface area contributed by atoms with Crippen molar-refractivity contribution < 1.29 is 139 Å². The number of nitrogens with two attached hydrogens (primary N) is 1. The number of alkyl carbamates (subject to hydrolysis) is 1. The van der Waals surface area contributed by atoms with Gasteiger partial charge in [-0.3, -0.25) is 33.6 Å². The zero-order chi connectivity index (χ0) is 92.0. The number of carbonyl (C=O) groups is 8. The molecule has 10 rings (SSSR count). The van der Waals surface area contributed by atoms with Crippen molar-refractivity contribution in [2.75, 3.05) is 140 Å². The zero-order valence-corrected chi connectivity index (χ0v) is 78.5. The average molecular weight is 1790 g/mol. The molecule has 2 aliphatic rings. The Hall–Kier alpha value is -10.6. The van der Waals surface area contributed by atoms with Gasteiger partial charge in [0.15, 0.2) is 6.29 Å². The summed E-state index contributed by atoms with van der Waals surface area (Å²) < 4.78 is 75.4. The van der Waals surface area contributed by atoms with E-state index in [1.165, 1.54) is 76.6 Å². The summed E-state index contributed by atoms with van der Waals surface area (Å²) in [6, 6.07) is 60.8. The van der Waals surface area contributed by atoms with Gasteiger partial charge in [0, 0.05) is 110 Å². The number of benzene rings is 8. The number of fused-ring (bicyclic) bond motifs is 6. The van der Waals surface area contributed by atoms with Gasteiger partial charge in [0.2, 0.25) is 18.6 Å². The molecule has 28 heteroatoms. The minimum atomic E-state index is -0.833. The van der Waals surface area contributed by atoms with E-state index in [9.17, 15) is 33.6 Å². The van der Waals surface area contributed by atoms with Crippen molar-refractivity contribution in [3.8, 4) is 45.3 Å². The van der Waals surface area contributed by atoms with Crippen LogP contribution in [-0.2, 0) is 95.6 Å². The van der Waals surface area contributed by atoms with Crippen LogP contribution in [0.25, 0.3) is 22.3 Å². The third kappa shape index (κ3) is 45.5. The fourth-order valence-electron chi connectivity index (χ4n) is 13.4. The second-order valence-corrected chi connectivity index (χ2v) is 30.1. The molecular weight excluding hydrogens is 1660 g/mol. The number of hydrogen-bond donors (Lipinski definition) is 5. The van der Waals surface area contributed by atoms with Crippen molar-refractivity contribution in [3.63, 3.8) is 0 Å². The van der Waals surface area contributed by atoms with Crippen molar-refractivity contribution in [1.29, 1.82) is 0 Å². The Balaban J connectivity index is 0.000000341. The van der Waals surface area contributed by atoms with Crippen LogP contribution in [-0.4, -0.2) is 193 Å². The Bertz CT molecular complexity index is 4440. The first kappa shape index (κ1) is 109. The number of hydrogen-bond acceptors (Lipinski definition) is 23. The number of unbranched alkanes of at least 4 members (excludes halogenated alkanes) is 5. The number of methoxy groups -OCH3 is 2. The molecule has 0 radical (unpaired) electrons. The number of carboxylic acids is 1. The van der Waals surface area contributed by atoms with Crippen molar-refractivity contribution >= 4 is 48.1 Å². The number of rotatable bonds is 55. The van der Waals surface area contributed by atoms with Gasteiger partial charge in [0.05, 0.1) is 85.9 Å². The molecule has 6 N–H and O–H groups in total. The van der Waals surface area contributed by atoms with Crippen LogP contribution in [0.4, 0.5) is 4.79 Å². The van der Waals surface area contributed by atoms with E-state index >= 15 is 0 Å². The summed E-state index contributed by atoms with van der Waals surface area (Å²) >= 11 is 0. The number of aliphatic carboxylic acids is 1. The number of esters is 3. The quantitative estimate of drug-likeness (QED) is 0.00590. The van der Waals surface area contributed by atoms with Crippen LogP contribution in [0.3, 0.4) is 0 Å². The average Bonchev–Trinajstić information content (AvgIpc) is 1.62. The summed E-state index contributed by atoms with van der Waals surface area (Å²) in [5, 5.41) is 16.1. The SMILES string of the molecule is CC(=O)O.CC(=O)OCOC(C)=O.COc1cc(OCCCC(=O)NCc2ccc(C)cc2)ccc1CCCCCOCCOCCOCCCCC(=O)OCC1c2ccccc2-c2ccccc21.COc1cc(OCCCCCC(=O)NCc2ccc(C)cc2)ccc1C=O.NCCCOCCOCCOCCCNC(=O)OCC1c2ccccc2-c2ccccc21.[Na+]. The minimum Gasteiger partial charge on any atom is -0.496 e. The van der Waals surface area contributed by atoms with Crippen LogP contribution >= 0.6 is 0 Å². The molecule has 0 saturated carbocycles. The molecule has 0 atom stereocenters. The molecule has 0 fully saturated rings. The number of carboxylic acid groups (broad SMARTS) is 1. The standard InChI is InChI=1S/C47H59NO8.C25H34N2O5.C22H27NO4.C5H8O4.C2H4O2.Na/c1-36-20-22-37(23-21-36)34-48-46(49)18-12-28-55-39-25-24-38(45(33-39)51-2)13-4-3-10-26-52-29-31-54-32-30-53-27-11-9-19-47(50)56-35-44-42-16-7-5-14-40(42)41-15-6-8-17-43(41)44;26-11-5-13-29-15-17-31-18-16-30-14-6-12-27-25(28)32-19-24-22-9-3-1-7-20(22)21-8-2-4-10-23(21)24;1-17-7-9-18(10-8-17)15-23-22(25)6-4-3-5-13-27-20-12-11-19(16-24)21(14-20)26-2;1-4(6)8-3-9-5(2)7;1-2(3)4;/h5-8,14-17,20-25,33,44H,3-4,9-13,18-19,26-32,34-35H2,1-2H3,(H,48,49);1-4,7-10,24H,5-6,11-19,26H2,(H,27,28);7-12,14,16H,3-6,13,15H2,1-2H3,(H,23,25);3H2,1-2H3;1H3,(H,3,4);/q;;;;;+1. The number of ether oxygens (including phenoxy) is 14. The van der Waals surface area contributed by atoms with Gasteiger partial charge in [-0.25, -0.2) is 4.79 Å². The summed E-state index contributed by atoms with van der Waals surface area (Å²) in [4.78, 5) is 88.5. The summed E-state index contributed by atoms with van der Waals surface area (Å²) in [7, 11) is 3.21. The number of carbonyl (C=O) groups excluding carboxylic acids is 7. The van der Waals surface area contributed by atoms with Crippen LogP contribution < -0.4 is 70.2 Å². The van der Waals surface area contributed by atoms with E-state index in [1.807, 2.05) is 111 Å². The van der Waals surface area contributed by atoms with E-state index in [0.29, 0.717) is 181 Å². The number of nitrogens with one attached hydrogen (secondary N) is 3. The molecule has 0 aliphatic heterocycles. The second kappa shape index (κ2) is 66.8. The molecule has 0 bridgehead atoms. The topological polar surface area (TPSA) is 348 Å². The molecule has 0 unspecified atom stereocenters. The summed E-state index contributed by atoms with van der Waals surface area (Å²) in [6.07, 6.45) is 12.1. The normalized spacial score (nSPS) is 11.2. The van der Waals surface area contributed by atoms with Gasteiger partial charge in [0.25, 0.3) is 5.97 Å². The fourth-order valence-corrected chi connectivity index (χ4v) is 13.4. The van der Waals surface area contributed by atoms with E-state index in [-0.39, 0.29) is 66.0 Å². The van der Waals surface area contributed by atoms with Gasteiger partial charge in [0.1, 0.15) is 36.2 Å². The van der Waals surface area contributed by atoms with Gasteiger partial charge >= 0.3 is 53.6 Å². The van der Waals surface area contributed by atoms with Gasteiger partial charge in [-0.1, -0.05) is 169 Å². The van der Waals surface area contributed by atoms with E-state index in [4.69, 9.17) is 72.5 Å². The van der Waals surface area contributed by atoms with Gasteiger partial charge < -0.3 is 93.1 Å². The Labute approximate surface area is 782 Å². The van der Waals surface area contributed by atoms with Gasteiger partial charge in [-0.15, -0.1) is 0 Å². The third-order valence-electron chi connectivity index (χ3n) is 20.1. The van der Waals surface area contributed by atoms with E-state index in [0.717, 1.165) is 106 Å². The maximum atomic E-state index is 12.4. The summed E-state index contributed by atoms with van der Waals surface area (Å²) in [5.74, 6) is 1.10. The molecule has 2 aliphatic carbocycles. The summed E-state index contributed by atoms with van der Waals surface area (Å²) in [5.41, 5.74) is 21.4. The Kier molecular flexibility index (Phi) is 56.4. The molecule has 0 heterocycles. The van der Waals surface area contributed by atoms with E-state index in [2.05, 4.69) is 92.2 Å². The van der Waals surface area contributed by atoms with Crippen LogP contribution in [0.2, 0.25) is 0 Å². The molecule has 0 saturated heterocycles.